The van der Waals surface area contributed by atoms with Gasteiger partial charge in [-0.25, -0.2) is 0 Å². The summed E-state index contributed by atoms with van der Waals surface area (Å²) in [4.78, 5) is 10.9. The first kappa shape index (κ1) is 13.3. The van der Waals surface area contributed by atoms with Crippen molar-refractivity contribution >= 4 is 5.91 Å². The van der Waals surface area contributed by atoms with Gasteiger partial charge >= 0.3 is 0 Å². The van der Waals surface area contributed by atoms with E-state index in [2.05, 4.69) is 31.2 Å². The summed E-state index contributed by atoms with van der Waals surface area (Å²) < 4.78 is 0. The van der Waals surface area contributed by atoms with Crippen LogP contribution in [0.4, 0.5) is 0 Å². The third-order valence-corrected chi connectivity index (χ3v) is 3.12. The summed E-state index contributed by atoms with van der Waals surface area (Å²) in [6.07, 6.45) is 0.164. The average molecular weight is 254 g/mol. The molecule has 2 aromatic rings. The van der Waals surface area contributed by atoms with E-state index in [4.69, 9.17) is 11.5 Å². The van der Waals surface area contributed by atoms with Crippen LogP contribution in [0.25, 0.3) is 11.1 Å². The van der Waals surface area contributed by atoms with Gasteiger partial charge in [-0.2, -0.15) is 0 Å². The van der Waals surface area contributed by atoms with Gasteiger partial charge in [0.25, 0.3) is 0 Å². The van der Waals surface area contributed by atoms with Crippen LogP contribution >= 0.6 is 0 Å². The SMILES string of the molecule is Cc1ccc(-c2cccc(C(N)CC(N)=O)c2)cc1. The molecule has 0 aliphatic carbocycles. The number of aryl methyl sites for hydroxylation is 1. The maximum atomic E-state index is 10.9. The molecule has 3 nitrogen and oxygen atoms in total. The second kappa shape index (κ2) is 5.67. The number of nitrogens with two attached hydrogens (primary N) is 2. The zero-order valence-corrected chi connectivity index (χ0v) is 11.0. The molecule has 1 amide bonds. The molecule has 0 bridgehead atoms. The van der Waals surface area contributed by atoms with E-state index in [-0.39, 0.29) is 18.4 Å². The highest BCUT2D eigenvalue weighted by Crippen LogP contribution is 2.23. The second-order valence-electron chi connectivity index (χ2n) is 4.77. The fraction of sp³-hybridized carbons (Fsp3) is 0.188. The normalized spacial score (nSPS) is 12.1. The van der Waals surface area contributed by atoms with Gasteiger partial charge in [-0.05, 0) is 29.7 Å². The van der Waals surface area contributed by atoms with E-state index >= 15 is 0 Å². The van der Waals surface area contributed by atoms with Crippen molar-refractivity contribution in [3.05, 3.63) is 59.7 Å². The molecule has 0 saturated carbocycles. The fourth-order valence-corrected chi connectivity index (χ4v) is 2.03. The molecule has 0 radical (unpaired) electrons. The predicted octanol–water partition coefficient (Wildman–Crippen LogP) is 2.54. The standard InChI is InChI=1S/C16H18N2O/c1-11-5-7-12(8-6-11)13-3-2-4-14(9-13)15(17)10-16(18)19/h2-9,15H,10,17H2,1H3,(H2,18,19). The first-order valence-corrected chi connectivity index (χ1v) is 6.27. The Balaban J connectivity index is 2.28. The minimum atomic E-state index is -0.381. The summed E-state index contributed by atoms with van der Waals surface area (Å²) in [7, 11) is 0. The van der Waals surface area contributed by atoms with Crippen molar-refractivity contribution in [3.63, 3.8) is 0 Å². The zero-order chi connectivity index (χ0) is 13.8. The molecule has 0 aromatic heterocycles. The third-order valence-electron chi connectivity index (χ3n) is 3.12. The van der Waals surface area contributed by atoms with Crippen molar-refractivity contribution in [1.82, 2.24) is 0 Å². The Labute approximate surface area is 113 Å². The van der Waals surface area contributed by atoms with Crippen LogP contribution < -0.4 is 11.5 Å². The number of benzene rings is 2. The highest BCUT2D eigenvalue weighted by molar-refractivity contribution is 5.75. The Morgan fingerprint density at radius 2 is 1.79 bits per heavy atom. The lowest BCUT2D eigenvalue weighted by atomic mass is 9.98. The Kier molecular flexibility index (Phi) is 3.97. The number of rotatable bonds is 4. The lowest BCUT2D eigenvalue weighted by Gasteiger charge is -2.11. The van der Waals surface area contributed by atoms with Gasteiger partial charge in [0.1, 0.15) is 0 Å². The number of amides is 1. The van der Waals surface area contributed by atoms with Crippen molar-refractivity contribution in [2.75, 3.05) is 0 Å². The number of hydrogen-bond acceptors (Lipinski definition) is 2. The molecule has 1 unspecified atom stereocenters. The van der Waals surface area contributed by atoms with E-state index in [0.29, 0.717) is 0 Å². The van der Waals surface area contributed by atoms with Crippen LogP contribution in [0.2, 0.25) is 0 Å². The first-order chi connectivity index (χ1) is 9.06. The molecule has 0 heterocycles. The van der Waals surface area contributed by atoms with Crippen LogP contribution in [-0.4, -0.2) is 5.91 Å². The molecule has 2 rings (SSSR count). The first-order valence-electron chi connectivity index (χ1n) is 6.27. The maximum absolute atomic E-state index is 10.9. The van der Waals surface area contributed by atoms with Crippen LogP contribution in [0.3, 0.4) is 0 Å². The van der Waals surface area contributed by atoms with Gasteiger partial charge in [0, 0.05) is 12.5 Å². The largest absolute Gasteiger partial charge is 0.370 e. The molecule has 0 saturated heterocycles. The molecule has 0 aliphatic rings. The van der Waals surface area contributed by atoms with Crippen molar-refractivity contribution in [3.8, 4) is 11.1 Å². The van der Waals surface area contributed by atoms with Gasteiger partial charge in [-0.1, -0.05) is 48.0 Å². The summed E-state index contributed by atoms with van der Waals surface area (Å²) in [5.41, 5.74) is 15.5. The van der Waals surface area contributed by atoms with Gasteiger partial charge in [0.05, 0.1) is 0 Å². The summed E-state index contributed by atoms with van der Waals surface area (Å²) >= 11 is 0. The molecule has 19 heavy (non-hydrogen) atoms. The van der Waals surface area contributed by atoms with Crippen LogP contribution in [0.5, 0.6) is 0 Å². The molecular formula is C16H18N2O. The fourth-order valence-electron chi connectivity index (χ4n) is 2.03. The summed E-state index contributed by atoms with van der Waals surface area (Å²) in [5.74, 6) is -0.381. The van der Waals surface area contributed by atoms with Gasteiger partial charge < -0.3 is 11.5 Å². The lowest BCUT2D eigenvalue weighted by Crippen LogP contribution is -2.20. The van der Waals surface area contributed by atoms with E-state index in [9.17, 15) is 4.79 Å². The number of primary amides is 1. The van der Waals surface area contributed by atoms with Crippen LogP contribution in [0.1, 0.15) is 23.6 Å². The van der Waals surface area contributed by atoms with Gasteiger partial charge in [-0.15, -0.1) is 0 Å². The van der Waals surface area contributed by atoms with Crippen molar-refractivity contribution in [2.24, 2.45) is 11.5 Å². The highest BCUT2D eigenvalue weighted by atomic mass is 16.1. The van der Waals surface area contributed by atoms with Crippen molar-refractivity contribution in [1.29, 1.82) is 0 Å². The van der Waals surface area contributed by atoms with Crippen LogP contribution in [0, 0.1) is 6.92 Å². The molecule has 3 heteroatoms. The molecule has 0 aliphatic heterocycles. The quantitative estimate of drug-likeness (QED) is 0.880. The molecule has 4 N–H and O–H groups in total. The van der Waals surface area contributed by atoms with E-state index in [0.717, 1.165) is 16.7 Å². The monoisotopic (exact) mass is 254 g/mol. The van der Waals surface area contributed by atoms with E-state index < -0.39 is 0 Å². The Morgan fingerprint density at radius 1 is 1.11 bits per heavy atom. The molecule has 0 spiro atoms. The Hall–Kier alpha value is -2.13. The van der Waals surface area contributed by atoms with E-state index in [1.165, 1.54) is 5.56 Å². The molecular weight excluding hydrogens is 236 g/mol. The van der Waals surface area contributed by atoms with Gasteiger partial charge in [0.2, 0.25) is 5.91 Å². The highest BCUT2D eigenvalue weighted by Gasteiger charge is 2.10. The number of carbonyl (C=O) groups excluding carboxylic acids is 1. The maximum Gasteiger partial charge on any atom is 0.219 e. The van der Waals surface area contributed by atoms with E-state index in [1.807, 2.05) is 24.3 Å². The van der Waals surface area contributed by atoms with Crippen molar-refractivity contribution < 1.29 is 4.79 Å². The summed E-state index contributed by atoms with van der Waals surface area (Å²) in [5, 5.41) is 0. The van der Waals surface area contributed by atoms with Crippen LogP contribution in [0.15, 0.2) is 48.5 Å². The number of hydrogen-bond donors (Lipinski definition) is 2. The van der Waals surface area contributed by atoms with E-state index in [1.54, 1.807) is 0 Å². The molecule has 98 valence electrons. The number of carbonyl (C=O) groups is 1. The predicted molar refractivity (Wildman–Crippen MR) is 77.4 cm³/mol. The smallest absolute Gasteiger partial charge is 0.219 e. The molecule has 0 fully saturated rings. The van der Waals surface area contributed by atoms with Gasteiger partial charge in [0.15, 0.2) is 0 Å². The average Bonchev–Trinajstić information content (AvgIpc) is 2.39. The Bertz CT molecular complexity index is 576. The molecule has 2 aromatic carbocycles. The third kappa shape index (κ3) is 3.42. The summed E-state index contributed by atoms with van der Waals surface area (Å²) in [6, 6.07) is 15.9. The second-order valence-corrected chi connectivity index (χ2v) is 4.77. The minimum Gasteiger partial charge on any atom is -0.370 e. The zero-order valence-electron chi connectivity index (χ0n) is 11.0. The Morgan fingerprint density at radius 3 is 2.42 bits per heavy atom. The molecule has 1 atom stereocenters. The van der Waals surface area contributed by atoms with Gasteiger partial charge in [-0.3, -0.25) is 4.79 Å². The minimum absolute atomic E-state index is 0.164. The van der Waals surface area contributed by atoms with Crippen LogP contribution in [-0.2, 0) is 4.79 Å². The summed E-state index contributed by atoms with van der Waals surface area (Å²) in [6.45, 7) is 2.06. The topological polar surface area (TPSA) is 69.1 Å². The lowest BCUT2D eigenvalue weighted by molar-refractivity contribution is -0.118. The van der Waals surface area contributed by atoms with Crippen molar-refractivity contribution in [2.45, 2.75) is 19.4 Å².